The van der Waals surface area contributed by atoms with Gasteiger partial charge in [0.25, 0.3) is 11.5 Å². The number of carbonyl (C=O) groups excluding carboxylic acids is 5. The average Bonchev–Trinajstić information content (AvgIpc) is 3.09. The van der Waals surface area contributed by atoms with E-state index in [9.17, 15) is 28.8 Å². The van der Waals surface area contributed by atoms with Crippen molar-refractivity contribution in [1.82, 2.24) is 35.9 Å². The largest absolute Gasteiger partial charge is 0.379 e. The van der Waals surface area contributed by atoms with Gasteiger partial charge in [0.15, 0.2) is 16.9 Å². The van der Waals surface area contributed by atoms with Crippen molar-refractivity contribution < 1.29 is 24.0 Å². The van der Waals surface area contributed by atoms with E-state index in [-0.39, 0.29) is 72.8 Å². The molecule has 0 saturated heterocycles. The number of aromatic amines is 1. The van der Waals surface area contributed by atoms with Gasteiger partial charge in [-0.15, -0.1) is 0 Å². The van der Waals surface area contributed by atoms with Crippen LogP contribution in [-0.4, -0.2) is 74.9 Å². The molecule has 2 aromatic heterocycles. The molecule has 2 heterocycles. The van der Waals surface area contributed by atoms with Crippen LogP contribution in [0, 0.1) is 11.8 Å². The lowest BCUT2D eigenvalue weighted by Gasteiger charge is -2.18. The van der Waals surface area contributed by atoms with Gasteiger partial charge in [-0.2, -0.15) is 4.98 Å². The number of Topliss-reactive ketones (excluding diaryl/α,β-unsaturated/α-hetero) is 2. The van der Waals surface area contributed by atoms with Crippen LogP contribution in [-0.2, 0) is 25.7 Å². The number of fused-ring (bicyclic) bond motifs is 1. The Hall–Kier alpha value is -5.25. The van der Waals surface area contributed by atoms with Crippen molar-refractivity contribution in [2.24, 2.45) is 17.6 Å². The summed E-state index contributed by atoms with van der Waals surface area (Å²) in [6.45, 7) is 6.56. The van der Waals surface area contributed by atoms with E-state index in [0.29, 0.717) is 30.8 Å². The van der Waals surface area contributed by atoms with E-state index in [1.54, 1.807) is 45.0 Å². The van der Waals surface area contributed by atoms with Gasteiger partial charge in [-0.1, -0.05) is 20.3 Å². The third kappa shape index (κ3) is 12.7. The molecule has 16 nitrogen and oxygen atoms in total. The molecule has 3 rings (SSSR count). The van der Waals surface area contributed by atoms with E-state index < -0.39 is 29.3 Å². The predicted octanol–water partition coefficient (Wildman–Crippen LogP) is 1.36. The Labute approximate surface area is 290 Å². The number of anilines is 2. The summed E-state index contributed by atoms with van der Waals surface area (Å²) in [4.78, 5) is 89.4. The SMILES string of the molecule is C[C@H](CC(=O)[C@H](C)NC(=O)[C@H](C)CC(=O)CCCNC(=O)c1ccc(NCc2cnc3nc(N)[nH]c(=O)c3n2)cc1)C(=O)NCCCCCN. The summed E-state index contributed by atoms with van der Waals surface area (Å²) < 4.78 is 0. The average molecular weight is 693 g/mol. The Morgan fingerprint density at radius 1 is 0.860 bits per heavy atom. The number of amides is 3. The molecule has 0 spiro atoms. The topological polar surface area (TPSA) is 257 Å². The van der Waals surface area contributed by atoms with Crippen LogP contribution in [0.15, 0.2) is 35.3 Å². The number of nitrogens with zero attached hydrogens (tertiary/aromatic N) is 3. The van der Waals surface area contributed by atoms with E-state index in [0.717, 1.165) is 24.9 Å². The molecule has 0 saturated carbocycles. The fourth-order valence-electron chi connectivity index (χ4n) is 4.95. The van der Waals surface area contributed by atoms with Crippen molar-refractivity contribution in [3.63, 3.8) is 0 Å². The molecular formula is C34H48N10O6. The smallest absolute Gasteiger partial charge is 0.280 e. The highest BCUT2D eigenvalue weighted by atomic mass is 16.2. The van der Waals surface area contributed by atoms with E-state index in [1.807, 2.05) is 0 Å². The van der Waals surface area contributed by atoms with Gasteiger partial charge in [-0.05, 0) is 57.0 Å². The van der Waals surface area contributed by atoms with Gasteiger partial charge in [-0.3, -0.25) is 33.8 Å². The number of hydrogen-bond donors (Lipinski definition) is 7. The highest BCUT2D eigenvalue weighted by Gasteiger charge is 2.24. The molecule has 3 aromatic rings. The third-order valence-corrected chi connectivity index (χ3v) is 7.98. The fraction of sp³-hybridized carbons (Fsp3) is 0.500. The van der Waals surface area contributed by atoms with Gasteiger partial charge in [0.1, 0.15) is 5.78 Å². The first-order valence-corrected chi connectivity index (χ1v) is 16.8. The van der Waals surface area contributed by atoms with Crippen LogP contribution in [0.25, 0.3) is 11.2 Å². The zero-order valence-corrected chi connectivity index (χ0v) is 28.8. The summed E-state index contributed by atoms with van der Waals surface area (Å²) in [6, 6.07) is 5.98. The number of hydrogen-bond acceptors (Lipinski definition) is 12. The number of unbranched alkanes of at least 4 members (excludes halogenated alkanes) is 2. The zero-order valence-electron chi connectivity index (χ0n) is 28.8. The highest BCUT2D eigenvalue weighted by molar-refractivity contribution is 5.95. The number of nitrogen functional groups attached to an aromatic ring is 1. The molecule has 3 atom stereocenters. The maximum absolute atomic E-state index is 12.6. The van der Waals surface area contributed by atoms with Crippen LogP contribution in [0.3, 0.4) is 0 Å². The first-order valence-electron chi connectivity index (χ1n) is 16.8. The highest BCUT2D eigenvalue weighted by Crippen LogP contribution is 2.13. The molecule has 9 N–H and O–H groups in total. The molecule has 0 fully saturated rings. The summed E-state index contributed by atoms with van der Waals surface area (Å²) in [7, 11) is 0. The first kappa shape index (κ1) is 39.2. The molecule has 270 valence electrons. The van der Waals surface area contributed by atoms with Gasteiger partial charge in [0.2, 0.25) is 17.8 Å². The van der Waals surface area contributed by atoms with Crippen molar-refractivity contribution in [3.05, 3.63) is 52.1 Å². The summed E-state index contributed by atoms with van der Waals surface area (Å²) in [6.07, 6.45) is 4.72. The number of nitrogens with one attached hydrogen (secondary N) is 5. The minimum Gasteiger partial charge on any atom is -0.379 e. The molecule has 50 heavy (non-hydrogen) atoms. The van der Waals surface area contributed by atoms with Gasteiger partial charge in [-0.25, -0.2) is 9.97 Å². The Morgan fingerprint density at radius 3 is 2.28 bits per heavy atom. The van der Waals surface area contributed by atoms with Crippen molar-refractivity contribution in [2.75, 3.05) is 30.7 Å². The molecule has 0 bridgehead atoms. The molecule has 3 amide bonds. The van der Waals surface area contributed by atoms with Crippen LogP contribution in [0.5, 0.6) is 0 Å². The van der Waals surface area contributed by atoms with Crippen LogP contribution >= 0.6 is 0 Å². The first-order chi connectivity index (χ1) is 23.9. The number of H-pyrrole nitrogens is 1. The van der Waals surface area contributed by atoms with Crippen molar-refractivity contribution >= 4 is 52.1 Å². The molecule has 16 heteroatoms. The standard InChI is InChI=1S/C34H48N10O6/c1-20(31(48)41-22(3)27(46)17-21(2)30(47)37-14-6-4-5-13-35)16-26(45)8-7-15-38-32(49)23-9-11-24(12-10-23)39-18-25-19-40-29-28(42-25)33(50)44-34(36)43-29/h9-12,19-22,39H,4-8,13-18,35H2,1-3H3,(H,37,47)(H,38,49)(H,41,48)(H3,36,40,43,44,50)/t20-,21-,22+/m1/s1. The van der Waals surface area contributed by atoms with Gasteiger partial charge in [0.05, 0.1) is 24.5 Å². The molecule has 0 aliphatic rings. The summed E-state index contributed by atoms with van der Waals surface area (Å²) in [5, 5.41) is 11.4. The van der Waals surface area contributed by atoms with Crippen LogP contribution in [0.4, 0.5) is 11.6 Å². The maximum atomic E-state index is 12.6. The number of nitrogens with two attached hydrogens (primary N) is 2. The second kappa shape index (κ2) is 19.7. The van der Waals surface area contributed by atoms with E-state index >= 15 is 0 Å². The van der Waals surface area contributed by atoms with Gasteiger partial charge in [0, 0.05) is 55.4 Å². The lowest BCUT2D eigenvalue weighted by atomic mass is 9.98. The van der Waals surface area contributed by atoms with Crippen molar-refractivity contribution in [1.29, 1.82) is 0 Å². The van der Waals surface area contributed by atoms with E-state index in [1.165, 1.54) is 6.20 Å². The lowest BCUT2D eigenvalue weighted by molar-refractivity contribution is -0.133. The normalized spacial score (nSPS) is 12.8. The monoisotopic (exact) mass is 692 g/mol. The predicted molar refractivity (Wildman–Crippen MR) is 189 cm³/mol. The van der Waals surface area contributed by atoms with E-state index in [2.05, 4.69) is 41.2 Å². The fourth-order valence-corrected chi connectivity index (χ4v) is 4.95. The summed E-state index contributed by atoms with van der Waals surface area (Å²) >= 11 is 0. The number of carbonyl (C=O) groups is 5. The van der Waals surface area contributed by atoms with Crippen molar-refractivity contribution in [2.45, 2.75) is 78.3 Å². The maximum Gasteiger partial charge on any atom is 0.280 e. The van der Waals surface area contributed by atoms with Crippen molar-refractivity contribution in [3.8, 4) is 0 Å². The number of aromatic nitrogens is 4. The molecule has 0 unspecified atom stereocenters. The van der Waals surface area contributed by atoms with E-state index in [4.69, 9.17) is 11.5 Å². The van der Waals surface area contributed by atoms with Gasteiger partial charge >= 0.3 is 0 Å². The van der Waals surface area contributed by atoms with Crippen LogP contribution in [0.1, 0.15) is 81.8 Å². The Balaban J connectivity index is 1.32. The second-order valence-corrected chi connectivity index (χ2v) is 12.4. The third-order valence-electron chi connectivity index (χ3n) is 7.98. The zero-order chi connectivity index (χ0) is 36.6. The molecule has 0 aliphatic carbocycles. The second-order valence-electron chi connectivity index (χ2n) is 12.4. The minimum absolute atomic E-state index is 0.00293. The quantitative estimate of drug-likeness (QED) is 0.0781. The Bertz CT molecular complexity index is 1690. The Kier molecular flexibility index (Phi) is 15.4. The number of benzene rings is 1. The van der Waals surface area contributed by atoms with Gasteiger partial charge < -0.3 is 32.7 Å². The molecule has 0 radical (unpaired) electrons. The van der Waals surface area contributed by atoms with Crippen LogP contribution < -0.4 is 38.3 Å². The molecular weight excluding hydrogens is 644 g/mol. The molecule has 1 aromatic carbocycles. The number of ketones is 2. The summed E-state index contributed by atoms with van der Waals surface area (Å²) in [5.74, 6) is -2.50. The minimum atomic E-state index is -0.788. The number of rotatable bonds is 21. The molecule has 0 aliphatic heterocycles. The Morgan fingerprint density at radius 2 is 1.56 bits per heavy atom. The van der Waals surface area contributed by atoms with Crippen LogP contribution in [0.2, 0.25) is 0 Å². The lowest BCUT2D eigenvalue weighted by Crippen LogP contribution is -2.43. The summed E-state index contributed by atoms with van der Waals surface area (Å²) in [5.41, 5.74) is 12.4.